The van der Waals surface area contributed by atoms with E-state index in [1.165, 1.54) is 32.7 Å². The molecule has 0 aliphatic carbocycles. The monoisotopic (exact) mass is 207 g/mol. The summed E-state index contributed by atoms with van der Waals surface area (Å²) in [6.45, 7) is 6.23. The molecule has 1 unspecified atom stereocenters. The molecule has 3 nitrogen and oxygen atoms in total. The number of piperazine rings is 1. The van der Waals surface area contributed by atoms with E-state index in [0.717, 1.165) is 10.8 Å². The van der Waals surface area contributed by atoms with Crippen LogP contribution in [0.1, 0.15) is 0 Å². The van der Waals surface area contributed by atoms with Crippen molar-refractivity contribution in [3.8, 4) is 0 Å². The average molecular weight is 207 g/mol. The first-order chi connectivity index (χ1) is 6.35. The van der Waals surface area contributed by atoms with Gasteiger partial charge < -0.3 is 9.80 Å². The van der Waals surface area contributed by atoms with Crippen LogP contribution in [0.3, 0.4) is 0 Å². The molecule has 0 saturated carbocycles. The van der Waals surface area contributed by atoms with E-state index in [4.69, 9.17) is 0 Å². The van der Waals surface area contributed by atoms with Gasteiger partial charge in [0.15, 0.2) is 0 Å². The summed E-state index contributed by atoms with van der Waals surface area (Å²) in [6, 6.07) is 0. The van der Waals surface area contributed by atoms with Gasteiger partial charge in [-0.3, -0.25) is 4.90 Å². The minimum atomic E-state index is 0.687. The van der Waals surface area contributed by atoms with E-state index in [-0.39, 0.29) is 0 Å². The van der Waals surface area contributed by atoms with Crippen molar-refractivity contribution in [3.63, 3.8) is 0 Å². The minimum absolute atomic E-state index is 0.687. The Kier molecular flexibility index (Phi) is 3.74. The van der Waals surface area contributed by atoms with Crippen LogP contribution in [0.25, 0.3) is 0 Å². The second-order valence-electron chi connectivity index (χ2n) is 3.77. The third kappa shape index (κ3) is 2.14. The third-order valence-corrected chi connectivity index (χ3v) is 4.12. The maximum Gasteiger partial charge on any atom is 0.143 e. The Morgan fingerprint density at radius 3 is 2.46 bits per heavy atom. The van der Waals surface area contributed by atoms with Gasteiger partial charge in [0.25, 0.3) is 0 Å². The van der Waals surface area contributed by atoms with Crippen LogP contribution < -0.4 is 0 Å². The van der Waals surface area contributed by atoms with Gasteiger partial charge in [0.1, 0.15) is 32.6 Å². The van der Waals surface area contributed by atoms with Crippen LogP contribution in [0.15, 0.2) is 0 Å². The number of nitrogens with zero attached hydrogens (tertiary/aromatic N) is 3. The van der Waals surface area contributed by atoms with Crippen molar-refractivity contribution < 1.29 is 0 Å². The van der Waals surface area contributed by atoms with Crippen LogP contribution in [-0.2, 0) is 0 Å². The minimum Gasteiger partial charge on any atom is -0.315 e. The predicted octanol–water partition coefficient (Wildman–Crippen LogP) is -1.50. The Morgan fingerprint density at radius 2 is 1.77 bits per heavy atom. The standard InChI is InChI=1S/C8H15N3.2Al/c1-9-3-5-11-6-4-10(2)8(11)7-9;;/h8H,1-7H2;;. The fraction of sp³-hybridized carbons (Fsp3) is 1.00. The van der Waals surface area contributed by atoms with Crippen LogP contribution in [0.2, 0.25) is 0 Å². The van der Waals surface area contributed by atoms with Crippen molar-refractivity contribution in [2.45, 2.75) is 6.17 Å². The summed E-state index contributed by atoms with van der Waals surface area (Å²) in [4.78, 5) is 7.68. The molecule has 0 spiro atoms. The van der Waals surface area contributed by atoms with Gasteiger partial charge in [-0.25, -0.2) is 0 Å². The zero-order valence-electron chi connectivity index (χ0n) is 8.02. The Hall–Kier alpha value is 0.945. The van der Waals surface area contributed by atoms with Gasteiger partial charge in [-0.1, -0.05) is 10.8 Å². The molecule has 2 saturated heterocycles. The van der Waals surface area contributed by atoms with Crippen molar-refractivity contribution in [1.82, 2.24) is 14.7 Å². The number of hydrogen-bond donors (Lipinski definition) is 0. The lowest BCUT2D eigenvalue weighted by atomic mass is 10.3. The van der Waals surface area contributed by atoms with Gasteiger partial charge in [0.2, 0.25) is 0 Å². The van der Waals surface area contributed by atoms with E-state index in [0.29, 0.717) is 6.17 Å². The summed E-state index contributed by atoms with van der Waals surface area (Å²) in [5.74, 6) is 0. The van der Waals surface area contributed by atoms with Crippen molar-refractivity contribution in [3.05, 3.63) is 0 Å². The molecule has 5 heteroatoms. The number of rotatable bonds is 2. The molecule has 13 heavy (non-hydrogen) atoms. The van der Waals surface area contributed by atoms with E-state index in [2.05, 4.69) is 47.3 Å². The molecule has 4 radical (unpaired) electrons. The summed E-state index contributed by atoms with van der Waals surface area (Å²) in [6.07, 6.45) is 0.687. The fourth-order valence-electron chi connectivity index (χ4n) is 2.25. The second-order valence-corrected chi connectivity index (χ2v) is 4.50. The first kappa shape index (κ1) is 10.5. The van der Waals surface area contributed by atoms with E-state index >= 15 is 0 Å². The van der Waals surface area contributed by atoms with Gasteiger partial charge in [0.05, 0.1) is 6.17 Å². The highest BCUT2D eigenvalue weighted by molar-refractivity contribution is 6.09. The molecule has 2 aliphatic heterocycles. The van der Waals surface area contributed by atoms with Crippen LogP contribution in [-0.4, -0.2) is 97.0 Å². The molecule has 68 valence electrons. The SMILES string of the molecule is [Al][CH2]N1CCN2CCN([CH2][Al])C2C1. The van der Waals surface area contributed by atoms with E-state index in [1.54, 1.807) is 0 Å². The first-order valence-corrected chi connectivity index (χ1v) is 6.59. The Bertz CT molecular complexity index is 173. The zero-order valence-corrected chi connectivity index (χ0v) is 10.3. The summed E-state index contributed by atoms with van der Waals surface area (Å²) in [7, 11) is 0. The van der Waals surface area contributed by atoms with Crippen molar-refractivity contribution >= 4 is 32.6 Å². The second kappa shape index (κ2) is 4.64. The maximum atomic E-state index is 2.84. The molecule has 1 atom stereocenters. The van der Waals surface area contributed by atoms with Crippen LogP contribution >= 0.6 is 0 Å². The molecule has 0 bridgehead atoms. The number of fused-ring (bicyclic) bond motifs is 1. The third-order valence-electron chi connectivity index (χ3n) is 3.14. The molecular weight excluding hydrogens is 192 g/mol. The van der Waals surface area contributed by atoms with Gasteiger partial charge >= 0.3 is 0 Å². The Morgan fingerprint density at radius 1 is 1.00 bits per heavy atom. The molecule has 2 heterocycles. The van der Waals surface area contributed by atoms with Gasteiger partial charge in [0, 0.05) is 32.7 Å². The van der Waals surface area contributed by atoms with Gasteiger partial charge in [-0.2, -0.15) is 0 Å². The summed E-state index contributed by atoms with van der Waals surface area (Å²) in [5, 5.41) is 2.24. The lowest BCUT2D eigenvalue weighted by Crippen LogP contribution is -2.54. The van der Waals surface area contributed by atoms with E-state index in [9.17, 15) is 0 Å². The summed E-state index contributed by atoms with van der Waals surface area (Å²) >= 11 is 5.67. The highest BCUT2D eigenvalue weighted by atomic mass is 27.1. The molecule has 0 aromatic heterocycles. The van der Waals surface area contributed by atoms with E-state index < -0.39 is 0 Å². The van der Waals surface area contributed by atoms with Crippen molar-refractivity contribution in [2.75, 3.05) is 43.5 Å². The van der Waals surface area contributed by atoms with Crippen molar-refractivity contribution in [2.24, 2.45) is 0 Å². The quantitative estimate of drug-likeness (QED) is 0.510. The van der Waals surface area contributed by atoms with Crippen molar-refractivity contribution in [1.29, 1.82) is 0 Å². The highest BCUT2D eigenvalue weighted by Crippen LogP contribution is 2.18. The molecule has 2 fully saturated rings. The number of hydrogen-bond acceptors (Lipinski definition) is 3. The first-order valence-electron chi connectivity index (χ1n) is 4.95. The topological polar surface area (TPSA) is 9.72 Å². The molecule has 0 N–H and O–H groups in total. The molecule has 0 aromatic carbocycles. The summed E-state index contributed by atoms with van der Waals surface area (Å²) in [5.41, 5.74) is 0. The van der Waals surface area contributed by atoms with Gasteiger partial charge in [-0.05, 0) is 0 Å². The molecule has 2 aliphatic rings. The maximum absolute atomic E-state index is 2.84. The van der Waals surface area contributed by atoms with E-state index in [1.807, 2.05) is 0 Å². The summed E-state index contributed by atoms with van der Waals surface area (Å²) < 4.78 is 0. The fourth-order valence-corrected chi connectivity index (χ4v) is 3.01. The zero-order chi connectivity index (χ0) is 9.26. The lowest BCUT2D eigenvalue weighted by Gasteiger charge is -2.40. The average Bonchev–Trinajstić information content (AvgIpc) is 2.59. The lowest BCUT2D eigenvalue weighted by molar-refractivity contribution is 0.0574. The highest BCUT2D eigenvalue weighted by Gasteiger charge is 2.34. The molecular formula is C8H15Al2N3. The van der Waals surface area contributed by atoms with Crippen LogP contribution in [0.5, 0.6) is 0 Å². The Labute approximate surface area is 96.9 Å². The van der Waals surface area contributed by atoms with Gasteiger partial charge in [-0.15, -0.1) is 0 Å². The largest absolute Gasteiger partial charge is 0.315 e. The Balaban J connectivity index is 1.96. The van der Waals surface area contributed by atoms with Crippen LogP contribution in [0, 0.1) is 0 Å². The molecule has 2 rings (SSSR count). The smallest absolute Gasteiger partial charge is 0.143 e. The molecule has 0 aromatic rings. The molecule has 0 amide bonds. The van der Waals surface area contributed by atoms with Crippen LogP contribution in [0.4, 0.5) is 0 Å². The predicted molar refractivity (Wildman–Crippen MR) is 54.9 cm³/mol. The normalized spacial score (nSPS) is 32.2.